The highest BCUT2D eigenvalue weighted by atomic mass is 35.5. The molecule has 1 aromatic carbocycles. The number of nitrogens with zero attached hydrogens (tertiary/aromatic N) is 2. The second kappa shape index (κ2) is 5.08. The van der Waals surface area contributed by atoms with Crippen molar-refractivity contribution in [2.45, 2.75) is 31.4 Å². The second-order valence-electron chi connectivity index (χ2n) is 4.54. The number of aromatic nitrogens is 2. The molecule has 18 heavy (non-hydrogen) atoms. The van der Waals surface area contributed by atoms with Gasteiger partial charge in [0.25, 0.3) is 0 Å². The highest BCUT2D eigenvalue weighted by molar-refractivity contribution is 6.31. The Kier molecular flexibility index (Phi) is 3.46. The number of hydrogen-bond acceptors (Lipinski definition) is 2. The van der Waals surface area contributed by atoms with Crippen molar-refractivity contribution in [1.29, 1.82) is 0 Å². The third kappa shape index (κ3) is 2.22. The lowest BCUT2D eigenvalue weighted by atomic mass is 10.2. The molecule has 0 radical (unpaired) electrons. The summed E-state index contributed by atoms with van der Waals surface area (Å²) in [5.41, 5.74) is 1.97. The summed E-state index contributed by atoms with van der Waals surface area (Å²) in [6, 6.07) is 5.75. The lowest BCUT2D eigenvalue weighted by molar-refractivity contribution is 0.0974. The topological polar surface area (TPSA) is 27.1 Å². The first-order chi connectivity index (χ1) is 8.78. The first kappa shape index (κ1) is 12.3. The molecule has 1 aliphatic rings. The van der Waals surface area contributed by atoms with E-state index in [0.29, 0.717) is 10.9 Å². The quantitative estimate of drug-likeness (QED) is 0.805. The van der Waals surface area contributed by atoms with Gasteiger partial charge in [0, 0.05) is 11.6 Å². The molecule has 96 valence electrons. The molecule has 1 aromatic heterocycles. The molecule has 3 nitrogen and oxygen atoms in total. The van der Waals surface area contributed by atoms with Crippen molar-refractivity contribution in [3.63, 3.8) is 0 Å². The molecular formula is C13H14Cl2N2O. The van der Waals surface area contributed by atoms with Gasteiger partial charge in [-0.3, -0.25) is 0 Å². The molecule has 1 atom stereocenters. The molecule has 2 heterocycles. The van der Waals surface area contributed by atoms with Crippen LogP contribution in [-0.2, 0) is 17.2 Å². The second-order valence-corrected chi connectivity index (χ2v) is 5.24. The van der Waals surface area contributed by atoms with Crippen LogP contribution >= 0.6 is 23.2 Å². The molecule has 0 spiro atoms. The molecule has 0 amide bonds. The Balaban J connectivity index is 2.01. The van der Waals surface area contributed by atoms with Gasteiger partial charge in [0.15, 0.2) is 0 Å². The molecular weight excluding hydrogens is 271 g/mol. The maximum atomic E-state index is 5.99. The number of fused-ring (bicyclic) bond motifs is 1. The summed E-state index contributed by atoms with van der Waals surface area (Å²) < 4.78 is 7.83. The molecule has 3 rings (SSSR count). The number of hydrogen-bond donors (Lipinski definition) is 0. The molecule has 1 fully saturated rings. The number of halogens is 2. The van der Waals surface area contributed by atoms with Crippen LogP contribution < -0.4 is 0 Å². The number of alkyl halides is 1. The fraction of sp³-hybridized carbons (Fsp3) is 0.462. The number of ether oxygens (including phenoxy) is 1. The monoisotopic (exact) mass is 284 g/mol. The van der Waals surface area contributed by atoms with E-state index in [1.165, 1.54) is 0 Å². The Morgan fingerprint density at radius 2 is 2.33 bits per heavy atom. The van der Waals surface area contributed by atoms with Gasteiger partial charge >= 0.3 is 0 Å². The van der Waals surface area contributed by atoms with Crippen molar-refractivity contribution in [3.8, 4) is 0 Å². The van der Waals surface area contributed by atoms with E-state index in [9.17, 15) is 0 Å². The Labute approximate surface area is 116 Å². The van der Waals surface area contributed by atoms with Crippen LogP contribution in [0, 0.1) is 0 Å². The van der Waals surface area contributed by atoms with Gasteiger partial charge in [-0.1, -0.05) is 11.6 Å². The Morgan fingerprint density at radius 3 is 3.06 bits per heavy atom. The Bertz CT molecular complexity index is 561. The summed E-state index contributed by atoms with van der Waals surface area (Å²) in [7, 11) is 0. The Hall–Kier alpha value is -0.770. The van der Waals surface area contributed by atoms with Gasteiger partial charge in [-0.05, 0) is 31.0 Å². The SMILES string of the molecule is ClCc1nc2cc(Cl)ccc2n1CC1CCCO1. The number of rotatable bonds is 3. The molecule has 0 aliphatic carbocycles. The molecule has 0 bridgehead atoms. The summed E-state index contributed by atoms with van der Waals surface area (Å²) in [6.07, 6.45) is 2.52. The lowest BCUT2D eigenvalue weighted by Gasteiger charge is -2.13. The van der Waals surface area contributed by atoms with E-state index < -0.39 is 0 Å². The van der Waals surface area contributed by atoms with Crippen molar-refractivity contribution in [1.82, 2.24) is 9.55 Å². The standard InChI is InChI=1S/C13H14Cl2N2O/c14-7-13-16-11-6-9(15)3-4-12(11)17(13)8-10-2-1-5-18-10/h3-4,6,10H,1-2,5,7-8H2. The third-order valence-corrected chi connectivity index (χ3v) is 3.79. The van der Waals surface area contributed by atoms with Gasteiger partial charge in [-0.15, -0.1) is 11.6 Å². The normalized spacial score (nSPS) is 19.8. The molecule has 0 N–H and O–H groups in total. The summed E-state index contributed by atoms with van der Waals surface area (Å²) in [5, 5.41) is 0.699. The lowest BCUT2D eigenvalue weighted by Crippen LogP contribution is -2.16. The van der Waals surface area contributed by atoms with Crippen LogP contribution in [0.1, 0.15) is 18.7 Å². The maximum absolute atomic E-state index is 5.99. The highest BCUT2D eigenvalue weighted by Gasteiger charge is 2.19. The zero-order chi connectivity index (χ0) is 12.5. The smallest absolute Gasteiger partial charge is 0.124 e. The molecule has 1 unspecified atom stereocenters. The predicted molar refractivity (Wildman–Crippen MR) is 73.3 cm³/mol. The largest absolute Gasteiger partial charge is 0.376 e. The van der Waals surface area contributed by atoms with Crippen molar-refractivity contribution >= 4 is 34.2 Å². The first-order valence-electron chi connectivity index (χ1n) is 6.10. The minimum Gasteiger partial charge on any atom is -0.376 e. The highest BCUT2D eigenvalue weighted by Crippen LogP contribution is 2.24. The Morgan fingerprint density at radius 1 is 1.44 bits per heavy atom. The van der Waals surface area contributed by atoms with Crippen molar-refractivity contribution in [2.75, 3.05) is 6.61 Å². The summed E-state index contributed by atoms with van der Waals surface area (Å²) in [4.78, 5) is 4.53. The van der Waals surface area contributed by atoms with Crippen LogP contribution in [0.15, 0.2) is 18.2 Å². The van der Waals surface area contributed by atoms with Crippen molar-refractivity contribution in [3.05, 3.63) is 29.0 Å². The van der Waals surface area contributed by atoms with E-state index in [1.54, 1.807) is 0 Å². The summed E-state index contributed by atoms with van der Waals surface area (Å²) in [5.74, 6) is 1.28. The van der Waals surface area contributed by atoms with Crippen LogP contribution in [-0.4, -0.2) is 22.3 Å². The van der Waals surface area contributed by atoms with Gasteiger partial charge in [0.05, 0.1) is 29.6 Å². The van der Waals surface area contributed by atoms with Gasteiger partial charge in [0.1, 0.15) is 5.82 Å². The van der Waals surface area contributed by atoms with Crippen molar-refractivity contribution in [2.24, 2.45) is 0 Å². The predicted octanol–water partition coefficient (Wildman–Crippen LogP) is 3.61. The molecule has 1 aliphatic heterocycles. The molecule has 1 saturated heterocycles. The number of benzene rings is 1. The van der Waals surface area contributed by atoms with Crippen LogP contribution in [0.3, 0.4) is 0 Å². The van der Waals surface area contributed by atoms with E-state index in [2.05, 4.69) is 9.55 Å². The van der Waals surface area contributed by atoms with Crippen LogP contribution in [0.5, 0.6) is 0 Å². The number of imidazole rings is 1. The average Bonchev–Trinajstić information content (AvgIpc) is 2.97. The molecule has 0 saturated carbocycles. The van der Waals surface area contributed by atoms with Crippen molar-refractivity contribution < 1.29 is 4.74 Å². The van der Waals surface area contributed by atoms with Crippen LogP contribution in [0.25, 0.3) is 11.0 Å². The average molecular weight is 285 g/mol. The zero-order valence-corrected chi connectivity index (χ0v) is 11.4. The third-order valence-electron chi connectivity index (χ3n) is 3.32. The van der Waals surface area contributed by atoms with Gasteiger partial charge in [-0.2, -0.15) is 0 Å². The van der Waals surface area contributed by atoms with Gasteiger partial charge in [-0.25, -0.2) is 4.98 Å². The minimum atomic E-state index is 0.278. The minimum absolute atomic E-state index is 0.278. The van der Waals surface area contributed by atoms with Gasteiger partial charge < -0.3 is 9.30 Å². The summed E-state index contributed by atoms with van der Waals surface area (Å²) in [6.45, 7) is 1.68. The van der Waals surface area contributed by atoms with E-state index in [0.717, 1.165) is 42.9 Å². The van der Waals surface area contributed by atoms with E-state index in [4.69, 9.17) is 27.9 Å². The zero-order valence-electron chi connectivity index (χ0n) is 9.90. The summed E-state index contributed by atoms with van der Waals surface area (Å²) >= 11 is 12.0. The van der Waals surface area contributed by atoms with E-state index >= 15 is 0 Å². The maximum Gasteiger partial charge on any atom is 0.124 e. The fourth-order valence-corrected chi connectivity index (χ4v) is 2.82. The van der Waals surface area contributed by atoms with E-state index in [-0.39, 0.29) is 6.10 Å². The molecule has 5 heteroatoms. The van der Waals surface area contributed by atoms with Gasteiger partial charge in [0.2, 0.25) is 0 Å². The van der Waals surface area contributed by atoms with E-state index in [1.807, 2.05) is 18.2 Å². The first-order valence-corrected chi connectivity index (χ1v) is 7.01. The van der Waals surface area contributed by atoms with Crippen LogP contribution in [0.4, 0.5) is 0 Å². The fourth-order valence-electron chi connectivity index (χ4n) is 2.45. The van der Waals surface area contributed by atoms with Crippen LogP contribution in [0.2, 0.25) is 5.02 Å². The molecule has 2 aromatic rings.